The molecular weight excluding hydrogens is 226 g/mol. The van der Waals surface area contributed by atoms with Crippen molar-refractivity contribution in [3.05, 3.63) is 0 Å². The zero-order valence-electron chi connectivity index (χ0n) is 10.3. The van der Waals surface area contributed by atoms with Crippen molar-refractivity contribution < 1.29 is 9.47 Å². The summed E-state index contributed by atoms with van der Waals surface area (Å²) in [4.78, 5) is 0. The molecule has 16 heavy (non-hydrogen) atoms. The van der Waals surface area contributed by atoms with Gasteiger partial charge in [0, 0.05) is 25.0 Å². The fourth-order valence-corrected chi connectivity index (χ4v) is 2.21. The normalized spacial score (nSPS) is 34.1. The first-order valence-electron chi connectivity index (χ1n) is 6.12. The summed E-state index contributed by atoms with van der Waals surface area (Å²) in [6, 6.07) is 0. The van der Waals surface area contributed by atoms with Crippen LogP contribution < -0.4 is 5.32 Å². The van der Waals surface area contributed by atoms with Crippen LogP contribution in [0.3, 0.4) is 0 Å². The van der Waals surface area contributed by atoms with Gasteiger partial charge in [0.25, 0.3) is 0 Å². The van der Waals surface area contributed by atoms with Crippen molar-refractivity contribution in [1.29, 1.82) is 0 Å². The van der Waals surface area contributed by atoms with Gasteiger partial charge in [0.2, 0.25) is 0 Å². The highest BCUT2D eigenvalue weighted by Gasteiger charge is 2.29. The molecule has 2 unspecified atom stereocenters. The highest BCUT2D eigenvalue weighted by molar-refractivity contribution is 5.85. The van der Waals surface area contributed by atoms with Crippen LogP contribution in [0, 0.1) is 5.41 Å². The van der Waals surface area contributed by atoms with Gasteiger partial charge in [0.15, 0.2) is 0 Å². The quantitative estimate of drug-likeness (QED) is 0.815. The average molecular weight is 250 g/mol. The van der Waals surface area contributed by atoms with Gasteiger partial charge >= 0.3 is 0 Å². The molecule has 0 saturated carbocycles. The summed E-state index contributed by atoms with van der Waals surface area (Å²) >= 11 is 0. The molecule has 2 heterocycles. The summed E-state index contributed by atoms with van der Waals surface area (Å²) in [5.41, 5.74) is 0.282. The predicted octanol–water partition coefficient (Wildman–Crippen LogP) is 2.34. The second-order valence-corrected chi connectivity index (χ2v) is 5.57. The Hall–Kier alpha value is 0.170. The second-order valence-electron chi connectivity index (χ2n) is 5.57. The van der Waals surface area contributed by atoms with Crippen LogP contribution in [0.4, 0.5) is 0 Å². The summed E-state index contributed by atoms with van der Waals surface area (Å²) in [6.45, 7) is 7.30. The van der Waals surface area contributed by atoms with E-state index >= 15 is 0 Å². The molecule has 0 aromatic rings. The topological polar surface area (TPSA) is 30.5 Å². The summed E-state index contributed by atoms with van der Waals surface area (Å²) in [6.07, 6.45) is 5.37. The monoisotopic (exact) mass is 249 g/mol. The molecule has 0 amide bonds. The van der Waals surface area contributed by atoms with Crippen LogP contribution in [0.25, 0.3) is 0 Å². The number of nitrogens with one attached hydrogen (secondary N) is 1. The fraction of sp³-hybridized carbons (Fsp3) is 1.00. The van der Waals surface area contributed by atoms with E-state index in [1.54, 1.807) is 0 Å². The summed E-state index contributed by atoms with van der Waals surface area (Å²) < 4.78 is 11.5. The number of hydrogen-bond acceptors (Lipinski definition) is 3. The third kappa shape index (κ3) is 4.21. The van der Waals surface area contributed by atoms with Crippen molar-refractivity contribution >= 4 is 12.4 Å². The van der Waals surface area contributed by atoms with Crippen molar-refractivity contribution in [3.63, 3.8) is 0 Å². The first-order valence-corrected chi connectivity index (χ1v) is 6.12. The molecule has 0 aromatic carbocycles. The molecule has 1 N–H and O–H groups in total. The van der Waals surface area contributed by atoms with Crippen LogP contribution >= 0.6 is 12.4 Å². The zero-order valence-corrected chi connectivity index (χ0v) is 11.1. The smallest absolute Gasteiger partial charge is 0.110 e. The molecule has 2 saturated heterocycles. The Morgan fingerprint density at radius 2 is 2.06 bits per heavy atom. The van der Waals surface area contributed by atoms with Gasteiger partial charge in [-0.05, 0) is 19.3 Å². The summed E-state index contributed by atoms with van der Waals surface area (Å²) in [7, 11) is 0. The van der Waals surface area contributed by atoms with Crippen LogP contribution in [-0.2, 0) is 9.47 Å². The van der Waals surface area contributed by atoms with Gasteiger partial charge in [-0.1, -0.05) is 13.8 Å². The molecule has 3 nitrogen and oxygen atoms in total. The minimum Gasteiger partial charge on any atom is -0.378 e. The van der Waals surface area contributed by atoms with Gasteiger partial charge in [-0.25, -0.2) is 0 Å². The summed E-state index contributed by atoms with van der Waals surface area (Å²) in [5, 5.41) is 3.45. The van der Waals surface area contributed by atoms with Crippen LogP contribution in [0.1, 0.15) is 39.5 Å². The first kappa shape index (κ1) is 14.2. The Kier molecular flexibility index (Phi) is 5.51. The third-order valence-corrected chi connectivity index (χ3v) is 3.23. The molecule has 2 atom stereocenters. The lowest BCUT2D eigenvalue weighted by Crippen LogP contribution is -2.49. The Balaban J connectivity index is 0.00000128. The Labute approximate surface area is 105 Å². The van der Waals surface area contributed by atoms with Gasteiger partial charge < -0.3 is 9.47 Å². The molecule has 0 aromatic heterocycles. The lowest BCUT2D eigenvalue weighted by atomic mass is 9.93. The van der Waals surface area contributed by atoms with Gasteiger partial charge in [-0.15, -0.1) is 12.4 Å². The predicted molar refractivity (Wildman–Crippen MR) is 67.0 cm³/mol. The maximum absolute atomic E-state index is 5.80. The van der Waals surface area contributed by atoms with Crippen LogP contribution in [0.2, 0.25) is 0 Å². The minimum atomic E-state index is 0. The molecule has 2 rings (SSSR count). The van der Waals surface area contributed by atoms with E-state index < -0.39 is 0 Å². The van der Waals surface area contributed by atoms with Gasteiger partial charge in [-0.2, -0.15) is 0 Å². The van der Waals surface area contributed by atoms with Crippen LogP contribution in [0.5, 0.6) is 0 Å². The lowest BCUT2D eigenvalue weighted by Gasteiger charge is -2.37. The lowest BCUT2D eigenvalue weighted by molar-refractivity contribution is -0.0919. The van der Waals surface area contributed by atoms with Crippen molar-refractivity contribution in [2.24, 2.45) is 5.41 Å². The molecule has 2 fully saturated rings. The molecule has 0 bridgehead atoms. The number of rotatable bonds is 2. The highest BCUT2D eigenvalue weighted by Crippen LogP contribution is 2.23. The standard InChI is InChI=1S/C12H23NO2.ClH/c1-12(2)8-13-11(15-9-12)7-10-5-3-4-6-14-10;/h10-11,13H,3-9H2,1-2H3;1H. The van der Waals surface area contributed by atoms with Crippen molar-refractivity contribution in [1.82, 2.24) is 5.32 Å². The number of hydrogen-bond donors (Lipinski definition) is 1. The SMILES string of the molecule is CC1(C)CNC(CC2CCCCO2)OC1.Cl. The van der Waals surface area contributed by atoms with E-state index in [0.717, 1.165) is 26.2 Å². The minimum absolute atomic E-state index is 0. The Bertz CT molecular complexity index is 195. The molecule has 0 aliphatic carbocycles. The zero-order chi connectivity index (χ0) is 10.7. The van der Waals surface area contributed by atoms with Gasteiger partial charge in [0.05, 0.1) is 12.7 Å². The van der Waals surface area contributed by atoms with Gasteiger partial charge in [-0.3, -0.25) is 5.32 Å². The van der Waals surface area contributed by atoms with Crippen molar-refractivity contribution in [2.45, 2.75) is 51.9 Å². The van der Waals surface area contributed by atoms with Crippen LogP contribution in [-0.4, -0.2) is 32.1 Å². The third-order valence-electron chi connectivity index (χ3n) is 3.23. The van der Waals surface area contributed by atoms with Crippen molar-refractivity contribution in [3.8, 4) is 0 Å². The first-order chi connectivity index (χ1) is 7.16. The van der Waals surface area contributed by atoms with E-state index in [-0.39, 0.29) is 24.0 Å². The average Bonchev–Trinajstić information content (AvgIpc) is 2.23. The largest absolute Gasteiger partial charge is 0.378 e. The molecule has 0 spiro atoms. The van der Waals surface area contributed by atoms with E-state index in [0.29, 0.717) is 6.10 Å². The maximum atomic E-state index is 5.80. The highest BCUT2D eigenvalue weighted by atomic mass is 35.5. The molecule has 0 radical (unpaired) electrons. The molecule has 2 aliphatic heterocycles. The summed E-state index contributed by atoms with van der Waals surface area (Å²) in [5.74, 6) is 0. The van der Waals surface area contributed by atoms with E-state index in [1.165, 1.54) is 19.3 Å². The molecular formula is C12H24ClNO2. The van der Waals surface area contributed by atoms with Gasteiger partial charge in [0.1, 0.15) is 6.23 Å². The number of halogens is 1. The van der Waals surface area contributed by atoms with Crippen molar-refractivity contribution in [2.75, 3.05) is 19.8 Å². The Morgan fingerprint density at radius 1 is 1.25 bits per heavy atom. The molecule has 2 aliphatic rings. The second kappa shape index (κ2) is 6.20. The number of ether oxygens (including phenoxy) is 2. The van der Waals surface area contributed by atoms with Crippen LogP contribution in [0.15, 0.2) is 0 Å². The Morgan fingerprint density at radius 3 is 2.62 bits per heavy atom. The van der Waals surface area contributed by atoms with E-state index in [1.807, 2.05) is 0 Å². The maximum Gasteiger partial charge on any atom is 0.110 e. The van der Waals surface area contributed by atoms with E-state index in [9.17, 15) is 0 Å². The van der Waals surface area contributed by atoms with E-state index in [2.05, 4.69) is 19.2 Å². The molecule has 96 valence electrons. The van der Waals surface area contributed by atoms with E-state index in [4.69, 9.17) is 9.47 Å². The molecule has 4 heteroatoms. The fourth-order valence-electron chi connectivity index (χ4n) is 2.21.